The second-order valence-electron chi connectivity index (χ2n) is 6.66. The second kappa shape index (κ2) is 5.23. The highest BCUT2D eigenvalue weighted by atomic mass is 16.4. The normalized spacial score (nSPS) is 30.0. The van der Waals surface area contributed by atoms with Crippen LogP contribution < -0.4 is 0 Å². The Balaban J connectivity index is 1.83. The molecule has 0 aliphatic heterocycles. The smallest absolute Gasteiger partial charge is 0.306 e. The first-order valence-corrected chi connectivity index (χ1v) is 7.83. The SMILES string of the molecule is CC1CCC(c2nc3c(n2C)CCC(C(=O)O)C3)CC1. The van der Waals surface area contributed by atoms with Crippen molar-refractivity contribution in [2.75, 3.05) is 0 Å². The van der Waals surface area contributed by atoms with Crippen molar-refractivity contribution >= 4 is 5.97 Å². The van der Waals surface area contributed by atoms with E-state index in [1.165, 1.54) is 37.2 Å². The highest BCUT2D eigenvalue weighted by Gasteiger charge is 2.31. The largest absolute Gasteiger partial charge is 0.481 e. The minimum Gasteiger partial charge on any atom is -0.481 e. The first kappa shape index (κ1) is 13.7. The molecule has 0 amide bonds. The monoisotopic (exact) mass is 276 g/mol. The number of aliphatic carboxylic acids is 1. The number of carboxylic acid groups (broad SMARTS) is 1. The molecule has 20 heavy (non-hydrogen) atoms. The zero-order chi connectivity index (χ0) is 14.3. The fourth-order valence-corrected chi connectivity index (χ4v) is 3.83. The molecule has 0 bridgehead atoms. The first-order chi connectivity index (χ1) is 9.56. The molecular weight excluding hydrogens is 252 g/mol. The fourth-order valence-electron chi connectivity index (χ4n) is 3.83. The van der Waals surface area contributed by atoms with Gasteiger partial charge in [0.2, 0.25) is 0 Å². The first-order valence-electron chi connectivity index (χ1n) is 7.83. The van der Waals surface area contributed by atoms with E-state index in [4.69, 9.17) is 4.98 Å². The molecule has 2 aliphatic carbocycles. The summed E-state index contributed by atoms with van der Waals surface area (Å²) >= 11 is 0. The van der Waals surface area contributed by atoms with Gasteiger partial charge in [-0.3, -0.25) is 4.79 Å². The van der Waals surface area contributed by atoms with E-state index < -0.39 is 5.97 Å². The number of hydrogen-bond donors (Lipinski definition) is 1. The van der Waals surface area contributed by atoms with Crippen LogP contribution in [0.1, 0.15) is 62.2 Å². The number of carbonyl (C=O) groups is 1. The standard InChI is InChI=1S/C16H24N2O2/c1-10-3-5-11(6-4-10)15-17-13-9-12(16(19)20)7-8-14(13)18(15)2/h10-12H,3-9H2,1-2H3,(H,19,20). The number of aromatic nitrogens is 2. The molecule has 3 rings (SSSR count). The van der Waals surface area contributed by atoms with E-state index in [0.717, 1.165) is 24.5 Å². The van der Waals surface area contributed by atoms with Crippen LogP contribution >= 0.6 is 0 Å². The summed E-state index contributed by atoms with van der Waals surface area (Å²) in [6.45, 7) is 2.33. The third kappa shape index (κ3) is 2.36. The average Bonchev–Trinajstić information content (AvgIpc) is 2.76. The van der Waals surface area contributed by atoms with E-state index in [1.807, 2.05) is 0 Å². The Morgan fingerprint density at radius 1 is 1.25 bits per heavy atom. The predicted octanol–water partition coefficient (Wildman–Crippen LogP) is 2.90. The summed E-state index contributed by atoms with van der Waals surface area (Å²) in [6.07, 6.45) is 7.27. The van der Waals surface area contributed by atoms with Crippen molar-refractivity contribution in [3.63, 3.8) is 0 Å². The lowest BCUT2D eigenvalue weighted by molar-refractivity contribution is -0.142. The van der Waals surface area contributed by atoms with Crippen molar-refractivity contribution in [2.24, 2.45) is 18.9 Å². The molecule has 1 fully saturated rings. The van der Waals surface area contributed by atoms with Gasteiger partial charge >= 0.3 is 5.97 Å². The maximum absolute atomic E-state index is 11.2. The maximum atomic E-state index is 11.2. The van der Waals surface area contributed by atoms with E-state index >= 15 is 0 Å². The van der Waals surface area contributed by atoms with Crippen molar-refractivity contribution < 1.29 is 9.90 Å². The lowest BCUT2D eigenvalue weighted by Crippen LogP contribution is -2.22. The van der Waals surface area contributed by atoms with Crippen LogP contribution in [0, 0.1) is 11.8 Å². The van der Waals surface area contributed by atoms with Crippen LogP contribution in [0.4, 0.5) is 0 Å². The molecule has 4 heteroatoms. The minimum absolute atomic E-state index is 0.239. The second-order valence-corrected chi connectivity index (χ2v) is 6.66. The van der Waals surface area contributed by atoms with Crippen molar-refractivity contribution in [3.05, 3.63) is 17.2 Å². The maximum Gasteiger partial charge on any atom is 0.306 e. The predicted molar refractivity (Wildman–Crippen MR) is 76.7 cm³/mol. The Bertz CT molecular complexity index is 513. The topological polar surface area (TPSA) is 55.1 Å². The molecular formula is C16H24N2O2. The molecule has 1 N–H and O–H groups in total. The average molecular weight is 276 g/mol. The lowest BCUT2D eigenvalue weighted by atomic mass is 9.82. The molecule has 2 aliphatic rings. The zero-order valence-corrected chi connectivity index (χ0v) is 12.4. The summed E-state index contributed by atoms with van der Waals surface area (Å²) in [5.41, 5.74) is 2.32. The Morgan fingerprint density at radius 2 is 1.95 bits per heavy atom. The quantitative estimate of drug-likeness (QED) is 0.903. The molecule has 1 aromatic heterocycles. The van der Waals surface area contributed by atoms with Gasteiger partial charge in [-0.05, 0) is 31.6 Å². The van der Waals surface area contributed by atoms with Crippen molar-refractivity contribution in [1.29, 1.82) is 0 Å². The number of rotatable bonds is 2. The number of imidazole rings is 1. The minimum atomic E-state index is -0.672. The van der Waals surface area contributed by atoms with Gasteiger partial charge in [0, 0.05) is 25.1 Å². The number of fused-ring (bicyclic) bond motifs is 1. The van der Waals surface area contributed by atoms with Gasteiger partial charge in [0.1, 0.15) is 5.82 Å². The van der Waals surface area contributed by atoms with Crippen LogP contribution in [0.5, 0.6) is 0 Å². The molecule has 0 aromatic carbocycles. The highest BCUT2D eigenvalue weighted by molar-refractivity contribution is 5.70. The van der Waals surface area contributed by atoms with Crippen molar-refractivity contribution in [2.45, 2.75) is 57.8 Å². The molecule has 4 nitrogen and oxygen atoms in total. The molecule has 0 radical (unpaired) electrons. The highest BCUT2D eigenvalue weighted by Crippen LogP contribution is 2.37. The number of nitrogens with zero attached hydrogens (tertiary/aromatic N) is 2. The Hall–Kier alpha value is -1.32. The van der Waals surface area contributed by atoms with Gasteiger partial charge in [0.15, 0.2) is 0 Å². The molecule has 110 valence electrons. The lowest BCUT2D eigenvalue weighted by Gasteiger charge is -2.25. The Labute approximate surface area is 120 Å². The van der Waals surface area contributed by atoms with Crippen LogP contribution in [0.25, 0.3) is 0 Å². The molecule has 0 saturated heterocycles. The fraction of sp³-hybridized carbons (Fsp3) is 0.750. The Morgan fingerprint density at radius 3 is 2.60 bits per heavy atom. The molecule has 1 unspecified atom stereocenters. The van der Waals surface area contributed by atoms with Crippen molar-refractivity contribution in [3.8, 4) is 0 Å². The van der Waals surface area contributed by atoms with Crippen molar-refractivity contribution in [1.82, 2.24) is 9.55 Å². The van der Waals surface area contributed by atoms with Gasteiger partial charge in [0.05, 0.1) is 11.6 Å². The third-order valence-corrected chi connectivity index (χ3v) is 5.23. The molecule has 0 spiro atoms. The Kier molecular flexibility index (Phi) is 3.57. The molecule has 1 heterocycles. The van der Waals surface area contributed by atoms with Crippen LogP contribution in [0.15, 0.2) is 0 Å². The zero-order valence-electron chi connectivity index (χ0n) is 12.4. The van der Waals surface area contributed by atoms with E-state index in [1.54, 1.807) is 0 Å². The van der Waals surface area contributed by atoms with Gasteiger partial charge in [-0.15, -0.1) is 0 Å². The number of carboxylic acids is 1. The third-order valence-electron chi connectivity index (χ3n) is 5.23. The van der Waals surface area contributed by atoms with Gasteiger partial charge in [-0.1, -0.05) is 19.8 Å². The van der Waals surface area contributed by atoms with E-state index in [0.29, 0.717) is 12.3 Å². The summed E-state index contributed by atoms with van der Waals surface area (Å²) in [5.74, 6) is 1.71. The van der Waals surface area contributed by atoms with E-state index in [2.05, 4.69) is 18.5 Å². The van der Waals surface area contributed by atoms with Gasteiger partial charge in [-0.2, -0.15) is 0 Å². The van der Waals surface area contributed by atoms with Gasteiger partial charge < -0.3 is 9.67 Å². The van der Waals surface area contributed by atoms with Gasteiger partial charge in [-0.25, -0.2) is 4.98 Å². The van der Waals surface area contributed by atoms with Gasteiger partial charge in [0.25, 0.3) is 0 Å². The molecule has 1 aromatic rings. The van der Waals surface area contributed by atoms with E-state index in [-0.39, 0.29) is 5.92 Å². The number of hydrogen-bond acceptors (Lipinski definition) is 2. The molecule has 1 saturated carbocycles. The summed E-state index contributed by atoms with van der Waals surface area (Å²) in [4.78, 5) is 16.0. The summed E-state index contributed by atoms with van der Waals surface area (Å²) < 4.78 is 2.26. The van der Waals surface area contributed by atoms with Crippen LogP contribution in [-0.4, -0.2) is 20.6 Å². The summed E-state index contributed by atoms with van der Waals surface area (Å²) in [7, 11) is 2.11. The van der Waals surface area contributed by atoms with Crippen LogP contribution in [-0.2, 0) is 24.7 Å². The van der Waals surface area contributed by atoms with Crippen LogP contribution in [0.2, 0.25) is 0 Å². The summed E-state index contributed by atoms with van der Waals surface area (Å²) in [5, 5.41) is 9.18. The van der Waals surface area contributed by atoms with E-state index in [9.17, 15) is 9.90 Å². The molecule has 1 atom stereocenters. The van der Waals surface area contributed by atoms with Crippen LogP contribution in [0.3, 0.4) is 0 Å². The summed E-state index contributed by atoms with van der Waals surface area (Å²) in [6, 6.07) is 0.